The van der Waals surface area contributed by atoms with E-state index in [4.69, 9.17) is 0 Å². The Morgan fingerprint density at radius 1 is 0.591 bits per heavy atom. The van der Waals surface area contributed by atoms with Gasteiger partial charge < -0.3 is 0 Å². The normalized spacial score (nSPS) is 82.7. The third-order valence-corrected chi connectivity index (χ3v) is 11.0. The summed E-state index contributed by atoms with van der Waals surface area (Å²) in [5.74, 6) is 5.30. The van der Waals surface area contributed by atoms with E-state index >= 15 is 0 Å². The summed E-state index contributed by atoms with van der Waals surface area (Å²) in [6, 6.07) is 0. The molecule has 0 radical (unpaired) electrons. The standard InChI is InChI=1S/C20H16O2/c21-15-17-7-1-2-8(5-7)18(17)12-11(17)13-14(12)20(16(18)22)10-4-3-9(6-10)19(13,15)20/h1-4,7-14H,5-6H2/t7-,8+,9+,10-,11?,12?,13?,14?,17?,18?,19?,20?. The topological polar surface area (TPSA) is 34.1 Å². The van der Waals surface area contributed by atoms with E-state index in [0.717, 1.165) is 12.8 Å². The van der Waals surface area contributed by atoms with E-state index < -0.39 is 0 Å². The summed E-state index contributed by atoms with van der Waals surface area (Å²) >= 11 is 0. The average molecular weight is 288 g/mol. The van der Waals surface area contributed by atoms with Crippen molar-refractivity contribution in [2.75, 3.05) is 0 Å². The van der Waals surface area contributed by atoms with E-state index in [0.29, 0.717) is 58.9 Å². The van der Waals surface area contributed by atoms with Crippen LogP contribution >= 0.6 is 0 Å². The Bertz CT molecular complexity index is 738. The lowest BCUT2D eigenvalue weighted by molar-refractivity contribution is -0.314. The van der Waals surface area contributed by atoms with Gasteiger partial charge in [-0.3, -0.25) is 9.59 Å². The van der Waals surface area contributed by atoms with Gasteiger partial charge in [0.1, 0.15) is 11.6 Å². The fraction of sp³-hybridized carbons (Fsp3) is 0.700. The van der Waals surface area contributed by atoms with Gasteiger partial charge in [0.2, 0.25) is 0 Å². The van der Waals surface area contributed by atoms with E-state index in [1.807, 2.05) is 0 Å². The molecule has 0 amide bonds. The Morgan fingerprint density at radius 2 is 0.864 bits per heavy atom. The number of fused-ring (bicyclic) bond motifs is 4. The van der Waals surface area contributed by atoms with Crippen LogP contribution in [-0.4, -0.2) is 11.6 Å². The van der Waals surface area contributed by atoms with Crippen LogP contribution in [0.3, 0.4) is 0 Å². The zero-order valence-electron chi connectivity index (χ0n) is 12.2. The van der Waals surface area contributed by atoms with Gasteiger partial charge in [-0.2, -0.15) is 0 Å². The smallest absolute Gasteiger partial charge is 0.149 e. The highest BCUT2D eigenvalue weighted by Crippen LogP contribution is 3.09. The maximum Gasteiger partial charge on any atom is 0.149 e. The molecule has 9 aliphatic rings. The molecule has 4 unspecified atom stereocenters. The van der Waals surface area contributed by atoms with Crippen LogP contribution in [0.2, 0.25) is 0 Å². The van der Waals surface area contributed by atoms with Gasteiger partial charge in [0, 0.05) is 0 Å². The first-order valence-electron chi connectivity index (χ1n) is 9.18. The van der Waals surface area contributed by atoms with E-state index in [9.17, 15) is 9.59 Å². The van der Waals surface area contributed by atoms with Gasteiger partial charge in [0.15, 0.2) is 0 Å². The minimum absolute atomic E-state index is 0.201. The highest BCUT2D eigenvalue weighted by atomic mass is 16.2. The first-order valence-corrected chi connectivity index (χ1v) is 9.18. The van der Waals surface area contributed by atoms with Crippen LogP contribution in [0.1, 0.15) is 12.8 Å². The number of carbonyl (C=O) groups is 2. The van der Waals surface area contributed by atoms with Gasteiger partial charge in [-0.15, -0.1) is 0 Å². The van der Waals surface area contributed by atoms with Crippen molar-refractivity contribution < 1.29 is 9.59 Å². The summed E-state index contributed by atoms with van der Waals surface area (Å²) in [7, 11) is 0. The molecular weight excluding hydrogens is 272 g/mol. The lowest BCUT2D eigenvalue weighted by Gasteiger charge is -2.75. The molecule has 0 aromatic carbocycles. The van der Waals surface area contributed by atoms with Crippen molar-refractivity contribution in [3.63, 3.8) is 0 Å². The maximum atomic E-state index is 14.0. The number of rotatable bonds is 0. The summed E-state index contributed by atoms with van der Waals surface area (Å²) in [6.07, 6.45) is 11.5. The first kappa shape index (κ1) is 9.85. The molecule has 8 atom stereocenters. The first-order chi connectivity index (χ1) is 10.7. The Labute approximate surface area is 128 Å². The van der Waals surface area contributed by atoms with E-state index in [-0.39, 0.29) is 21.7 Å². The van der Waals surface area contributed by atoms with Gasteiger partial charge in [-0.05, 0) is 60.2 Å². The quantitative estimate of drug-likeness (QED) is 0.639. The van der Waals surface area contributed by atoms with Gasteiger partial charge >= 0.3 is 0 Å². The molecule has 22 heavy (non-hydrogen) atoms. The molecule has 0 aromatic rings. The van der Waals surface area contributed by atoms with Crippen LogP contribution in [-0.2, 0) is 9.59 Å². The average Bonchev–Trinajstić information content (AvgIpc) is 3.21. The summed E-state index contributed by atoms with van der Waals surface area (Å²) in [5, 5.41) is 0. The van der Waals surface area contributed by atoms with Crippen LogP contribution in [0.15, 0.2) is 24.3 Å². The summed E-state index contributed by atoms with van der Waals surface area (Å²) < 4.78 is 0. The molecule has 2 heteroatoms. The number of Topliss-reactive ketones (excluding diaryl/α,β-unsaturated/α-hetero) is 2. The van der Waals surface area contributed by atoms with Crippen molar-refractivity contribution >= 4 is 11.6 Å². The third-order valence-electron chi connectivity index (χ3n) is 11.0. The molecule has 0 N–H and O–H groups in total. The van der Waals surface area contributed by atoms with Crippen molar-refractivity contribution in [3.8, 4) is 0 Å². The van der Waals surface area contributed by atoms with Crippen molar-refractivity contribution in [3.05, 3.63) is 24.3 Å². The number of carbonyl (C=O) groups excluding carboxylic acids is 2. The molecule has 0 saturated heterocycles. The lowest BCUT2D eigenvalue weighted by Crippen LogP contribution is -2.75. The third kappa shape index (κ3) is 0.396. The zero-order chi connectivity index (χ0) is 14.0. The molecule has 4 spiro atoms. The maximum absolute atomic E-state index is 14.0. The Balaban J connectivity index is 1.54. The van der Waals surface area contributed by atoms with Crippen LogP contribution in [0.25, 0.3) is 0 Å². The molecule has 9 aliphatic carbocycles. The largest absolute Gasteiger partial charge is 0.298 e. The molecule has 4 bridgehead atoms. The number of hydrogen-bond donors (Lipinski definition) is 0. The molecule has 0 aromatic heterocycles. The van der Waals surface area contributed by atoms with Crippen LogP contribution in [0, 0.1) is 69.0 Å². The van der Waals surface area contributed by atoms with Crippen LogP contribution < -0.4 is 0 Å². The lowest BCUT2D eigenvalue weighted by atomic mass is 9.25. The van der Waals surface area contributed by atoms with Crippen molar-refractivity contribution in [1.82, 2.24) is 0 Å². The Kier molecular flexibility index (Phi) is 0.908. The van der Waals surface area contributed by atoms with E-state index in [2.05, 4.69) is 24.3 Å². The SMILES string of the molecule is O=C1C23C4C5C6C4C2(C(=O)C62[C@@H]4C=C[C@@H](C4)C152)[C@H]1C=C[C@@H]3C1. The van der Waals surface area contributed by atoms with Crippen molar-refractivity contribution in [1.29, 1.82) is 0 Å². The predicted octanol–water partition coefficient (Wildman–Crippen LogP) is 2.01. The molecule has 0 heterocycles. The fourth-order valence-corrected chi connectivity index (χ4v) is 11.6. The van der Waals surface area contributed by atoms with Crippen LogP contribution in [0.5, 0.6) is 0 Å². The molecular formula is C20H16O2. The Hall–Kier alpha value is -1.18. The molecule has 7 saturated carbocycles. The minimum atomic E-state index is -0.201. The Morgan fingerprint density at radius 3 is 1.14 bits per heavy atom. The molecule has 9 rings (SSSR count). The monoisotopic (exact) mass is 288 g/mol. The fourth-order valence-electron chi connectivity index (χ4n) is 11.6. The highest BCUT2D eigenvalue weighted by molar-refractivity contribution is 6.20. The minimum Gasteiger partial charge on any atom is -0.298 e. The number of hydrogen-bond acceptors (Lipinski definition) is 2. The highest BCUT2D eigenvalue weighted by Gasteiger charge is 3.13. The second-order valence-corrected chi connectivity index (χ2v) is 9.90. The van der Waals surface area contributed by atoms with Gasteiger partial charge in [0.05, 0.1) is 21.7 Å². The summed E-state index contributed by atoms with van der Waals surface area (Å²) in [6.45, 7) is 0. The molecule has 2 nitrogen and oxygen atoms in total. The van der Waals surface area contributed by atoms with Crippen LogP contribution in [0.4, 0.5) is 0 Å². The van der Waals surface area contributed by atoms with Gasteiger partial charge in [0.25, 0.3) is 0 Å². The molecule has 7 fully saturated rings. The van der Waals surface area contributed by atoms with Gasteiger partial charge in [-0.1, -0.05) is 24.3 Å². The number of ketones is 2. The van der Waals surface area contributed by atoms with Crippen molar-refractivity contribution in [2.45, 2.75) is 12.8 Å². The van der Waals surface area contributed by atoms with E-state index in [1.54, 1.807) is 0 Å². The summed E-state index contributed by atoms with van der Waals surface area (Å²) in [4.78, 5) is 28.0. The molecule has 108 valence electrons. The zero-order valence-corrected chi connectivity index (χ0v) is 12.2. The second-order valence-electron chi connectivity index (χ2n) is 9.90. The summed E-state index contributed by atoms with van der Waals surface area (Å²) in [5.41, 5.74) is -0.803. The predicted molar refractivity (Wildman–Crippen MR) is 75.2 cm³/mol. The van der Waals surface area contributed by atoms with Gasteiger partial charge in [-0.25, -0.2) is 0 Å². The second kappa shape index (κ2) is 2.03. The molecule has 0 aliphatic heterocycles. The van der Waals surface area contributed by atoms with Crippen molar-refractivity contribution in [2.24, 2.45) is 69.0 Å². The number of allylic oxidation sites excluding steroid dienone is 4. The van der Waals surface area contributed by atoms with E-state index in [1.165, 1.54) is 0 Å².